The third-order valence-corrected chi connectivity index (χ3v) is 2.75. The van der Waals surface area contributed by atoms with Crippen LogP contribution in [0.15, 0.2) is 18.2 Å². The standard InChI is InChI=1S/C12H12FIO4/c1-7(15)17-11-4-3-9(10(13)6-14)5-12(11)18-8(2)16/h3-5,10H,6H2,1-2H3. The van der Waals surface area contributed by atoms with Crippen LogP contribution < -0.4 is 9.47 Å². The average molecular weight is 366 g/mol. The van der Waals surface area contributed by atoms with Gasteiger partial charge in [-0.15, -0.1) is 0 Å². The van der Waals surface area contributed by atoms with Gasteiger partial charge in [0.1, 0.15) is 6.17 Å². The van der Waals surface area contributed by atoms with Gasteiger partial charge in [0.2, 0.25) is 0 Å². The minimum Gasteiger partial charge on any atom is -0.423 e. The van der Waals surface area contributed by atoms with Gasteiger partial charge in [-0.1, -0.05) is 28.7 Å². The van der Waals surface area contributed by atoms with Gasteiger partial charge in [0, 0.05) is 18.3 Å². The van der Waals surface area contributed by atoms with Crippen LogP contribution in [0.2, 0.25) is 0 Å². The molecule has 0 saturated carbocycles. The molecule has 1 aromatic rings. The lowest BCUT2D eigenvalue weighted by atomic mass is 10.1. The molecule has 0 radical (unpaired) electrons. The molecule has 0 heterocycles. The van der Waals surface area contributed by atoms with Crippen LogP contribution in [-0.4, -0.2) is 16.4 Å². The van der Waals surface area contributed by atoms with Crippen LogP contribution in [0, 0.1) is 0 Å². The number of hydrogen-bond donors (Lipinski definition) is 0. The smallest absolute Gasteiger partial charge is 0.308 e. The highest BCUT2D eigenvalue weighted by atomic mass is 127. The highest BCUT2D eigenvalue weighted by molar-refractivity contribution is 14.1. The first kappa shape index (κ1) is 14.9. The van der Waals surface area contributed by atoms with Crippen molar-refractivity contribution in [3.63, 3.8) is 0 Å². The maximum absolute atomic E-state index is 13.5. The Kier molecular flexibility index (Phi) is 5.52. The molecule has 0 N–H and O–H groups in total. The molecule has 1 aromatic carbocycles. The Morgan fingerprint density at radius 3 is 2.28 bits per heavy atom. The number of carbonyl (C=O) groups is 2. The first-order valence-electron chi connectivity index (χ1n) is 5.15. The van der Waals surface area contributed by atoms with Gasteiger partial charge in [-0.25, -0.2) is 4.39 Å². The van der Waals surface area contributed by atoms with Crippen molar-refractivity contribution < 1.29 is 23.5 Å². The molecule has 1 unspecified atom stereocenters. The van der Waals surface area contributed by atoms with Crippen molar-refractivity contribution in [3.05, 3.63) is 23.8 Å². The minimum atomic E-state index is -1.16. The lowest BCUT2D eigenvalue weighted by Crippen LogP contribution is -2.08. The number of ether oxygens (including phenoxy) is 2. The molecule has 0 saturated heterocycles. The maximum Gasteiger partial charge on any atom is 0.308 e. The van der Waals surface area contributed by atoms with E-state index < -0.39 is 18.1 Å². The van der Waals surface area contributed by atoms with Crippen molar-refractivity contribution in [3.8, 4) is 11.5 Å². The van der Waals surface area contributed by atoms with Gasteiger partial charge in [0.15, 0.2) is 11.5 Å². The van der Waals surface area contributed by atoms with E-state index in [1.165, 1.54) is 32.0 Å². The quantitative estimate of drug-likeness (QED) is 0.356. The van der Waals surface area contributed by atoms with E-state index in [0.29, 0.717) is 5.56 Å². The number of carbonyl (C=O) groups excluding carboxylic acids is 2. The molecule has 6 heteroatoms. The third-order valence-electron chi connectivity index (χ3n) is 1.97. The Hall–Kier alpha value is -1.18. The molecule has 1 atom stereocenters. The predicted molar refractivity (Wildman–Crippen MR) is 71.8 cm³/mol. The zero-order valence-electron chi connectivity index (χ0n) is 9.91. The van der Waals surface area contributed by atoms with Crippen molar-refractivity contribution in [2.24, 2.45) is 0 Å². The molecule has 0 amide bonds. The second-order valence-corrected chi connectivity index (χ2v) is 4.40. The third kappa shape index (κ3) is 4.25. The predicted octanol–water partition coefficient (Wildman–Crippen LogP) is 2.98. The summed E-state index contributed by atoms with van der Waals surface area (Å²) in [6.45, 7) is 2.45. The summed E-state index contributed by atoms with van der Waals surface area (Å²) in [5, 5.41) is 0. The molecule has 4 nitrogen and oxygen atoms in total. The summed E-state index contributed by atoms with van der Waals surface area (Å²) in [6.07, 6.45) is -1.16. The summed E-state index contributed by atoms with van der Waals surface area (Å²) in [4.78, 5) is 21.8. The Bertz CT molecular complexity index is 461. The lowest BCUT2D eigenvalue weighted by molar-refractivity contribution is -0.134. The average Bonchev–Trinajstić information content (AvgIpc) is 2.29. The van der Waals surface area contributed by atoms with Crippen LogP contribution in [0.5, 0.6) is 11.5 Å². The number of esters is 2. The Morgan fingerprint density at radius 1 is 1.22 bits per heavy atom. The summed E-state index contributed by atoms with van der Waals surface area (Å²) >= 11 is 1.91. The fourth-order valence-corrected chi connectivity index (χ4v) is 1.79. The molecule has 0 aliphatic rings. The summed E-state index contributed by atoms with van der Waals surface area (Å²) in [6, 6.07) is 4.27. The number of benzene rings is 1. The van der Waals surface area contributed by atoms with Gasteiger partial charge in [-0.2, -0.15) is 0 Å². The molecule has 98 valence electrons. The van der Waals surface area contributed by atoms with Gasteiger partial charge in [0.05, 0.1) is 0 Å². The van der Waals surface area contributed by atoms with E-state index in [1.807, 2.05) is 22.6 Å². The molecule has 0 aromatic heterocycles. The van der Waals surface area contributed by atoms with Crippen LogP contribution in [0.4, 0.5) is 4.39 Å². The molecular weight excluding hydrogens is 354 g/mol. The van der Waals surface area contributed by atoms with Gasteiger partial charge in [0.25, 0.3) is 0 Å². The number of rotatable bonds is 4. The fraction of sp³-hybridized carbons (Fsp3) is 0.333. The monoisotopic (exact) mass is 366 g/mol. The second kappa shape index (κ2) is 6.67. The van der Waals surface area contributed by atoms with Crippen molar-refractivity contribution in [2.45, 2.75) is 20.0 Å². The summed E-state index contributed by atoms with van der Waals surface area (Å²) in [5.41, 5.74) is 0.372. The van der Waals surface area contributed by atoms with E-state index in [0.717, 1.165) is 0 Å². The maximum atomic E-state index is 13.5. The van der Waals surface area contributed by atoms with Crippen molar-refractivity contribution in [1.29, 1.82) is 0 Å². The molecule has 18 heavy (non-hydrogen) atoms. The zero-order chi connectivity index (χ0) is 13.7. The van der Waals surface area contributed by atoms with Gasteiger partial charge >= 0.3 is 11.9 Å². The first-order valence-corrected chi connectivity index (χ1v) is 6.67. The van der Waals surface area contributed by atoms with Crippen molar-refractivity contribution in [2.75, 3.05) is 4.43 Å². The topological polar surface area (TPSA) is 52.6 Å². The highest BCUT2D eigenvalue weighted by Crippen LogP contribution is 2.32. The second-order valence-electron chi connectivity index (χ2n) is 3.52. The minimum absolute atomic E-state index is 0.0442. The highest BCUT2D eigenvalue weighted by Gasteiger charge is 2.15. The molecule has 0 fully saturated rings. The molecule has 0 spiro atoms. The Morgan fingerprint density at radius 2 is 1.78 bits per heavy atom. The zero-order valence-corrected chi connectivity index (χ0v) is 12.1. The molecule has 1 rings (SSSR count). The van der Waals surface area contributed by atoms with E-state index in [1.54, 1.807) is 0 Å². The number of alkyl halides is 2. The van der Waals surface area contributed by atoms with Gasteiger partial charge < -0.3 is 9.47 Å². The van der Waals surface area contributed by atoms with E-state index in [-0.39, 0.29) is 15.9 Å². The van der Waals surface area contributed by atoms with Crippen molar-refractivity contribution in [1.82, 2.24) is 0 Å². The summed E-state index contributed by atoms with van der Waals surface area (Å²) in [5.74, 6) is -0.961. The van der Waals surface area contributed by atoms with E-state index in [9.17, 15) is 14.0 Å². The van der Waals surface area contributed by atoms with Crippen LogP contribution in [0.25, 0.3) is 0 Å². The number of hydrogen-bond acceptors (Lipinski definition) is 4. The first-order chi connectivity index (χ1) is 8.43. The SMILES string of the molecule is CC(=O)Oc1ccc(C(F)CI)cc1OC(C)=O. The largest absolute Gasteiger partial charge is 0.423 e. The van der Waals surface area contributed by atoms with Crippen LogP contribution in [0.1, 0.15) is 25.6 Å². The fourth-order valence-electron chi connectivity index (χ4n) is 1.28. The summed E-state index contributed by atoms with van der Waals surface area (Å²) in [7, 11) is 0. The molecule has 0 bridgehead atoms. The van der Waals surface area contributed by atoms with Crippen LogP contribution in [-0.2, 0) is 9.59 Å². The van der Waals surface area contributed by atoms with Gasteiger partial charge in [-0.05, 0) is 17.7 Å². The van der Waals surface area contributed by atoms with Crippen molar-refractivity contribution >= 4 is 34.5 Å². The molecular formula is C12H12FIO4. The van der Waals surface area contributed by atoms with E-state index in [2.05, 4.69) is 0 Å². The normalized spacial score (nSPS) is 11.8. The molecule has 0 aliphatic carbocycles. The Labute approximate surface area is 118 Å². The van der Waals surface area contributed by atoms with E-state index in [4.69, 9.17) is 9.47 Å². The lowest BCUT2D eigenvalue weighted by Gasteiger charge is -2.11. The Balaban J connectivity index is 3.11. The molecule has 0 aliphatic heterocycles. The van der Waals surface area contributed by atoms with Crippen LogP contribution in [0.3, 0.4) is 0 Å². The van der Waals surface area contributed by atoms with E-state index >= 15 is 0 Å². The summed E-state index contributed by atoms with van der Waals surface area (Å²) < 4.78 is 23.6. The number of halogens is 2. The van der Waals surface area contributed by atoms with Gasteiger partial charge in [-0.3, -0.25) is 9.59 Å². The van der Waals surface area contributed by atoms with Crippen LogP contribution >= 0.6 is 22.6 Å².